The van der Waals surface area contributed by atoms with E-state index in [9.17, 15) is 9.59 Å². The zero-order chi connectivity index (χ0) is 22.3. The van der Waals surface area contributed by atoms with Gasteiger partial charge in [-0.05, 0) is 43.4 Å². The first-order chi connectivity index (χ1) is 15.5. The fourth-order valence-corrected chi connectivity index (χ4v) is 5.19. The summed E-state index contributed by atoms with van der Waals surface area (Å²) in [4.78, 5) is 33.8. The quantitative estimate of drug-likeness (QED) is 0.662. The second kappa shape index (κ2) is 8.08. The van der Waals surface area contributed by atoms with E-state index in [0.717, 1.165) is 42.3 Å². The smallest absolute Gasteiger partial charge is 0.290 e. The van der Waals surface area contributed by atoms with Crippen LogP contribution in [0.4, 0.5) is 0 Å². The summed E-state index contributed by atoms with van der Waals surface area (Å²) < 4.78 is 1.93. The number of amides is 2. The number of carbonyl (C=O) groups excluding carboxylic acids is 2. The Morgan fingerprint density at radius 1 is 1.12 bits per heavy atom. The molecule has 32 heavy (non-hydrogen) atoms. The number of hydrogen-bond acceptors (Lipinski definition) is 3. The molecule has 1 saturated carbocycles. The SMILES string of the molecule is C[C@@H](CN1C(=O)c2nc3ccccc3n2C[C@@]1(C)C(=O)NC1CCCC1)c1ccccc1. The molecular weight excluding hydrogens is 400 g/mol. The summed E-state index contributed by atoms with van der Waals surface area (Å²) in [5.74, 6) is 0.257. The number of nitrogens with zero attached hydrogens (tertiary/aromatic N) is 3. The van der Waals surface area contributed by atoms with Crippen molar-refractivity contribution in [2.45, 2.75) is 63.6 Å². The largest absolute Gasteiger partial charge is 0.351 e. The van der Waals surface area contributed by atoms with Crippen LogP contribution in [0, 0.1) is 0 Å². The molecule has 0 radical (unpaired) electrons. The van der Waals surface area contributed by atoms with Gasteiger partial charge in [0.25, 0.3) is 5.91 Å². The first kappa shape index (κ1) is 20.7. The lowest BCUT2D eigenvalue weighted by atomic mass is 9.91. The van der Waals surface area contributed by atoms with Crippen molar-refractivity contribution in [3.63, 3.8) is 0 Å². The second-order valence-corrected chi connectivity index (χ2v) is 9.47. The standard InChI is InChI=1S/C26H30N4O2/c1-18(19-10-4-3-5-11-19)16-30-24(31)23-28-21-14-8-9-15-22(21)29(23)17-26(30,2)25(32)27-20-12-6-7-13-20/h3-5,8-11,14-15,18,20H,6-7,12-13,16-17H2,1-2H3,(H,27,32)/t18-,26-/m0/s1. The van der Waals surface area contributed by atoms with Crippen LogP contribution in [0.3, 0.4) is 0 Å². The minimum atomic E-state index is -0.987. The van der Waals surface area contributed by atoms with Crippen LogP contribution in [0.2, 0.25) is 0 Å². The number of rotatable bonds is 5. The molecule has 5 rings (SSSR count). The lowest BCUT2D eigenvalue weighted by Gasteiger charge is -2.45. The molecule has 3 aromatic rings. The van der Waals surface area contributed by atoms with Gasteiger partial charge in [0, 0.05) is 12.6 Å². The lowest BCUT2D eigenvalue weighted by Crippen LogP contribution is -2.65. The number of carbonyl (C=O) groups is 2. The second-order valence-electron chi connectivity index (χ2n) is 9.47. The van der Waals surface area contributed by atoms with Crippen LogP contribution in [0.5, 0.6) is 0 Å². The molecule has 0 saturated heterocycles. The highest BCUT2D eigenvalue weighted by Crippen LogP contribution is 2.33. The third-order valence-electron chi connectivity index (χ3n) is 7.16. The van der Waals surface area contributed by atoms with Crippen LogP contribution in [0.1, 0.15) is 61.6 Å². The molecule has 2 amide bonds. The minimum absolute atomic E-state index is 0.0681. The minimum Gasteiger partial charge on any atom is -0.351 e. The molecule has 1 aromatic heterocycles. The summed E-state index contributed by atoms with van der Waals surface area (Å²) in [6.07, 6.45) is 4.31. The van der Waals surface area contributed by atoms with Crippen molar-refractivity contribution in [1.82, 2.24) is 19.8 Å². The number of fused-ring (bicyclic) bond motifs is 3. The number of hydrogen-bond donors (Lipinski definition) is 1. The van der Waals surface area contributed by atoms with E-state index in [1.807, 2.05) is 54.0 Å². The molecule has 2 heterocycles. The highest BCUT2D eigenvalue weighted by molar-refractivity contribution is 6.01. The van der Waals surface area contributed by atoms with Gasteiger partial charge in [-0.2, -0.15) is 0 Å². The average molecular weight is 431 g/mol. The molecular formula is C26H30N4O2. The maximum atomic E-state index is 13.8. The van der Waals surface area contributed by atoms with E-state index < -0.39 is 5.54 Å². The Kier molecular flexibility index (Phi) is 5.24. The fourth-order valence-electron chi connectivity index (χ4n) is 5.19. The summed E-state index contributed by atoms with van der Waals surface area (Å²) in [6, 6.07) is 18.1. The zero-order valence-corrected chi connectivity index (χ0v) is 18.8. The molecule has 0 bridgehead atoms. The van der Waals surface area contributed by atoms with Crippen LogP contribution < -0.4 is 5.32 Å². The Labute approximate surface area is 188 Å². The lowest BCUT2D eigenvalue weighted by molar-refractivity contribution is -0.133. The zero-order valence-electron chi connectivity index (χ0n) is 18.8. The van der Waals surface area contributed by atoms with Gasteiger partial charge >= 0.3 is 0 Å². The van der Waals surface area contributed by atoms with Crippen molar-refractivity contribution in [2.75, 3.05) is 6.54 Å². The van der Waals surface area contributed by atoms with Crippen molar-refractivity contribution < 1.29 is 9.59 Å². The monoisotopic (exact) mass is 430 g/mol. The molecule has 1 aliphatic carbocycles. The Bertz CT molecular complexity index is 1150. The van der Waals surface area contributed by atoms with Gasteiger partial charge in [0.15, 0.2) is 5.82 Å². The summed E-state index contributed by atoms with van der Waals surface area (Å²) >= 11 is 0. The van der Waals surface area contributed by atoms with Gasteiger partial charge in [-0.3, -0.25) is 9.59 Å². The van der Waals surface area contributed by atoms with Crippen LogP contribution in [-0.2, 0) is 11.3 Å². The molecule has 1 aliphatic heterocycles. The number of nitrogens with one attached hydrogen (secondary N) is 1. The van der Waals surface area contributed by atoms with E-state index in [1.54, 1.807) is 4.90 Å². The molecule has 2 atom stereocenters. The van der Waals surface area contributed by atoms with E-state index in [0.29, 0.717) is 18.9 Å². The van der Waals surface area contributed by atoms with Crippen LogP contribution in [0.15, 0.2) is 54.6 Å². The van der Waals surface area contributed by atoms with Gasteiger partial charge in [-0.15, -0.1) is 0 Å². The van der Waals surface area contributed by atoms with Crippen molar-refractivity contribution >= 4 is 22.8 Å². The number of para-hydroxylation sites is 2. The van der Waals surface area contributed by atoms with Gasteiger partial charge in [0.1, 0.15) is 5.54 Å². The highest BCUT2D eigenvalue weighted by atomic mass is 16.2. The van der Waals surface area contributed by atoms with Crippen LogP contribution in [0.25, 0.3) is 11.0 Å². The molecule has 166 valence electrons. The normalized spacial score (nSPS) is 22.2. The number of aromatic nitrogens is 2. The molecule has 1 N–H and O–H groups in total. The molecule has 2 aromatic carbocycles. The average Bonchev–Trinajstić information content (AvgIpc) is 3.45. The predicted molar refractivity (Wildman–Crippen MR) is 124 cm³/mol. The van der Waals surface area contributed by atoms with E-state index in [4.69, 9.17) is 0 Å². The Morgan fingerprint density at radius 3 is 2.56 bits per heavy atom. The summed E-state index contributed by atoms with van der Waals surface area (Å²) in [7, 11) is 0. The van der Waals surface area contributed by atoms with Crippen LogP contribution >= 0.6 is 0 Å². The predicted octanol–water partition coefficient (Wildman–Crippen LogP) is 4.11. The third-order valence-corrected chi connectivity index (χ3v) is 7.16. The van der Waals surface area contributed by atoms with E-state index in [2.05, 4.69) is 29.4 Å². The summed E-state index contributed by atoms with van der Waals surface area (Å²) in [5, 5.41) is 3.26. The Morgan fingerprint density at radius 2 is 1.81 bits per heavy atom. The van der Waals surface area contributed by atoms with Crippen LogP contribution in [-0.4, -0.2) is 44.4 Å². The van der Waals surface area contributed by atoms with Gasteiger partial charge < -0.3 is 14.8 Å². The van der Waals surface area contributed by atoms with E-state index in [1.165, 1.54) is 0 Å². The number of imidazole rings is 1. The topological polar surface area (TPSA) is 67.2 Å². The van der Waals surface area contributed by atoms with E-state index in [-0.39, 0.29) is 23.8 Å². The first-order valence-corrected chi connectivity index (χ1v) is 11.6. The molecule has 6 nitrogen and oxygen atoms in total. The molecule has 6 heteroatoms. The maximum absolute atomic E-state index is 13.8. The van der Waals surface area contributed by atoms with Gasteiger partial charge in [0.05, 0.1) is 17.6 Å². The van der Waals surface area contributed by atoms with Gasteiger partial charge in [-0.1, -0.05) is 62.2 Å². The van der Waals surface area contributed by atoms with Gasteiger partial charge in [-0.25, -0.2) is 4.98 Å². The van der Waals surface area contributed by atoms with Crippen molar-refractivity contribution in [3.05, 3.63) is 66.0 Å². The van der Waals surface area contributed by atoms with Crippen molar-refractivity contribution in [3.8, 4) is 0 Å². The number of benzene rings is 2. The highest BCUT2D eigenvalue weighted by Gasteiger charge is 2.49. The molecule has 0 spiro atoms. The molecule has 1 fully saturated rings. The molecule has 2 aliphatic rings. The van der Waals surface area contributed by atoms with Crippen molar-refractivity contribution in [2.24, 2.45) is 0 Å². The molecule has 0 unspecified atom stereocenters. The summed E-state index contributed by atoms with van der Waals surface area (Å²) in [6.45, 7) is 4.87. The first-order valence-electron chi connectivity index (χ1n) is 11.6. The van der Waals surface area contributed by atoms with E-state index >= 15 is 0 Å². The summed E-state index contributed by atoms with van der Waals surface area (Å²) in [5.41, 5.74) is 1.84. The Hall–Kier alpha value is -3.15. The Balaban J connectivity index is 1.54. The fraction of sp³-hybridized carbons (Fsp3) is 0.423. The van der Waals surface area contributed by atoms with Crippen molar-refractivity contribution in [1.29, 1.82) is 0 Å². The maximum Gasteiger partial charge on any atom is 0.290 e. The van der Waals surface area contributed by atoms with Gasteiger partial charge in [0.2, 0.25) is 5.91 Å². The third kappa shape index (κ3) is 3.48.